The van der Waals surface area contributed by atoms with E-state index >= 15 is 0 Å². The molecule has 0 saturated carbocycles. The quantitative estimate of drug-likeness (QED) is 0.210. The summed E-state index contributed by atoms with van der Waals surface area (Å²) in [5, 5.41) is 32.1. The van der Waals surface area contributed by atoms with Gasteiger partial charge in [-0.3, -0.25) is 24.6 Å². The first-order valence-corrected chi connectivity index (χ1v) is 9.39. The monoisotopic (exact) mass is 434 g/mol. The van der Waals surface area contributed by atoms with E-state index in [-0.39, 0.29) is 22.4 Å². The molecule has 0 aliphatic carbocycles. The zero-order valence-electron chi connectivity index (χ0n) is 16.3. The number of hydrogen-bond donors (Lipinski definition) is 2. The van der Waals surface area contributed by atoms with Gasteiger partial charge in [0.1, 0.15) is 11.6 Å². The SMILES string of the molecule is O=C1C(=O)N(c2cccc(F)c2)C(c2ccc(O)c([N+](=O)[O-])c2)/C1=C(/O)c1ccccc1. The first-order chi connectivity index (χ1) is 15.3. The Kier molecular flexibility index (Phi) is 5.15. The molecule has 0 radical (unpaired) electrons. The predicted octanol–water partition coefficient (Wildman–Crippen LogP) is 4.07. The molecular weight excluding hydrogens is 419 g/mol. The fraction of sp³-hybridized carbons (Fsp3) is 0.0435. The van der Waals surface area contributed by atoms with Crippen LogP contribution in [-0.4, -0.2) is 26.8 Å². The summed E-state index contributed by atoms with van der Waals surface area (Å²) in [6.07, 6.45) is 0. The average molecular weight is 434 g/mol. The molecule has 4 rings (SSSR count). The molecule has 2 N–H and O–H groups in total. The number of hydrogen-bond acceptors (Lipinski definition) is 6. The number of halogens is 1. The summed E-state index contributed by atoms with van der Waals surface area (Å²) in [4.78, 5) is 37.4. The Morgan fingerprint density at radius 2 is 1.72 bits per heavy atom. The van der Waals surface area contributed by atoms with Gasteiger partial charge in [0.05, 0.1) is 16.5 Å². The molecule has 8 nitrogen and oxygen atoms in total. The summed E-state index contributed by atoms with van der Waals surface area (Å²) < 4.78 is 13.9. The number of phenols is 1. The average Bonchev–Trinajstić information content (AvgIpc) is 3.04. The highest BCUT2D eigenvalue weighted by Gasteiger charge is 2.47. The van der Waals surface area contributed by atoms with Gasteiger partial charge < -0.3 is 10.2 Å². The Balaban J connectivity index is 2.00. The van der Waals surface area contributed by atoms with Crippen molar-refractivity contribution < 1.29 is 29.1 Å². The van der Waals surface area contributed by atoms with Crippen LogP contribution in [0.3, 0.4) is 0 Å². The maximum atomic E-state index is 13.9. The number of benzene rings is 3. The Labute approximate surface area is 180 Å². The van der Waals surface area contributed by atoms with Crippen molar-refractivity contribution in [1.82, 2.24) is 0 Å². The molecule has 1 fully saturated rings. The summed E-state index contributed by atoms with van der Waals surface area (Å²) in [5.74, 6) is -3.82. The second-order valence-electron chi connectivity index (χ2n) is 7.02. The van der Waals surface area contributed by atoms with Gasteiger partial charge in [0.25, 0.3) is 11.7 Å². The zero-order chi connectivity index (χ0) is 23.0. The van der Waals surface area contributed by atoms with E-state index in [1.807, 2.05) is 0 Å². The third-order valence-corrected chi connectivity index (χ3v) is 5.09. The number of rotatable bonds is 4. The number of amides is 1. The van der Waals surface area contributed by atoms with Crippen molar-refractivity contribution in [3.63, 3.8) is 0 Å². The number of aromatic hydroxyl groups is 1. The summed E-state index contributed by atoms with van der Waals surface area (Å²) in [7, 11) is 0. The molecule has 3 aromatic carbocycles. The lowest BCUT2D eigenvalue weighted by molar-refractivity contribution is -0.385. The van der Waals surface area contributed by atoms with Crippen LogP contribution in [0, 0.1) is 15.9 Å². The van der Waals surface area contributed by atoms with Gasteiger partial charge in [0.15, 0.2) is 5.75 Å². The molecule has 0 aromatic heterocycles. The first-order valence-electron chi connectivity index (χ1n) is 9.39. The van der Waals surface area contributed by atoms with Crippen molar-refractivity contribution in [2.75, 3.05) is 4.90 Å². The van der Waals surface area contributed by atoms with Gasteiger partial charge >= 0.3 is 5.69 Å². The zero-order valence-corrected chi connectivity index (χ0v) is 16.3. The number of anilines is 1. The fourth-order valence-electron chi connectivity index (χ4n) is 3.65. The highest BCUT2D eigenvalue weighted by atomic mass is 19.1. The van der Waals surface area contributed by atoms with Crippen LogP contribution in [0.15, 0.2) is 78.4 Å². The normalized spacial score (nSPS) is 17.5. The highest BCUT2D eigenvalue weighted by molar-refractivity contribution is 6.51. The molecule has 3 aromatic rings. The molecule has 160 valence electrons. The number of carbonyl (C=O) groups excluding carboxylic acids is 2. The van der Waals surface area contributed by atoms with E-state index in [0.717, 1.165) is 29.2 Å². The van der Waals surface area contributed by atoms with Gasteiger partial charge in [-0.1, -0.05) is 42.5 Å². The second kappa shape index (κ2) is 7.95. The lowest BCUT2D eigenvalue weighted by Crippen LogP contribution is -2.29. The molecule has 1 unspecified atom stereocenters. The van der Waals surface area contributed by atoms with Gasteiger partial charge in [0, 0.05) is 17.3 Å². The van der Waals surface area contributed by atoms with Crippen LogP contribution >= 0.6 is 0 Å². The molecular formula is C23H15FN2O6. The molecule has 1 aliphatic rings. The van der Waals surface area contributed by atoms with E-state index < -0.39 is 45.7 Å². The second-order valence-corrected chi connectivity index (χ2v) is 7.02. The molecule has 32 heavy (non-hydrogen) atoms. The molecule has 9 heteroatoms. The van der Waals surface area contributed by atoms with E-state index in [0.29, 0.717) is 0 Å². The van der Waals surface area contributed by atoms with Crippen LogP contribution in [-0.2, 0) is 9.59 Å². The van der Waals surface area contributed by atoms with Gasteiger partial charge in [0.2, 0.25) is 0 Å². The van der Waals surface area contributed by atoms with Crippen molar-refractivity contribution in [3.8, 4) is 5.75 Å². The summed E-state index contributed by atoms with van der Waals surface area (Å²) in [5.41, 5.74) is -0.601. The third-order valence-electron chi connectivity index (χ3n) is 5.09. The summed E-state index contributed by atoms with van der Waals surface area (Å²) >= 11 is 0. The molecule has 0 spiro atoms. The van der Waals surface area contributed by atoms with Gasteiger partial charge in [-0.2, -0.15) is 0 Å². The fourth-order valence-corrected chi connectivity index (χ4v) is 3.65. The third kappa shape index (κ3) is 3.45. The number of nitro benzene ring substituents is 1. The lowest BCUT2D eigenvalue weighted by atomic mass is 9.94. The highest BCUT2D eigenvalue weighted by Crippen LogP contribution is 2.43. The minimum atomic E-state index is -1.30. The summed E-state index contributed by atoms with van der Waals surface area (Å²) in [6, 6.07) is 15.0. The molecule has 1 atom stereocenters. The van der Waals surface area contributed by atoms with Crippen LogP contribution in [0.2, 0.25) is 0 Å². The maximum Gasteiger partial charge on any atom is 0.311 e. The topological polar surface area (TPSA) is 121 Å². The van der Waals surface area contributed by atoms with Crippen LogP contribution in [0.25, 0.3) is 5.76 Å². The number of nitrogens with zero attached hydrogens (tertiary/aromatic N) is 2. The maximum absolute atomic E-state index is 13.9. The molecule has 1 amide bonds. The van der Waals surface area contributed by atoms with E-state index in [2.05, 4.69) is 0 Å². The van der Waals surface area contributed by atoms with Gasteiger partial charge in [-0.05, 0) is 29.8 Å². The standard InChI is InChI=1S/C23H15FN2O6/c24-15-7-4-8-16(12-15)25-20(14-9-10-18(27)17(11-14)26(31)32)19(22(29)23(25)30)21(28)13-5-2-1-3-6-13/h1-12,20,27-28H/b21-19-. The van der Waals surface area contributed by atoms with Crippen LogP contribution < -0.4 is 4.90 Å². The number of phenolic OH excluding ortho intramolecular Hbond substituents is 1. The van der Waals surface area contributed by atoms with Crippen LogP contribution in [0.5, 0.6) is 5.75 Å². The minimum absolute atomic E-state index is 0.0277. The number of carbonyl (C=O) groups is 2. The van der Waals surface area contributed by atoms with Crippen molar-refractivity contribution in [3.05, 3.63) is 105 Å². The largest absolute Gasteiger partial charge is 0.507 e. The minimum Gasteiger partial charge on any atom is -0.507 e. The van der Waals surface area contributed by atoms with Crippen molar-refractivity contribution in [2.24, 2.45) is 0 Å². The van der Waals surface area contributed by atoms with Gasteiger partial charge in [-0.25, -0.2) is 4.39 Å². The smallest absolute Gasteiger partial charge is 0.311 e. The Morgan fingerprint density at radius 1 is 1.00 bits per heavy atom. The first kappa shape index (κ1) is 20.7. The number of aliphatic hydroxyl groups excluding tert-OH is 1. The lowest BCUT2D eigenvalue weighted by Gasteiger charge is -2.25. The Bertz CT molecular complexity index is 1290. The molecule has 1 aliphatic heterocycles. The number of ketones is 1. The molecule has 1 heterocycles. The van der Waals surface area contributed by atoms with E-state index in [1.165, 1.54) is 30.3 Å². The van der Waals surface area contributed by atoms with Crippen molar-refractivity contribution in [2.45, 2.75) is 6.04 Å². The van der Waals surface area contributed by atoms with Crippen LogP contribution in [0.4, 0.5) is 15.8 Å². The molecule has 0 bridgehead atoms. The molecule has 1 saturated heterocycles. The number of aliphatic hydroxyl groups is 1. The Morgan fingerprint density at radius 3 is 2.38 bits per heavy atom. The van der Waals surface area contributed by atoms with Gasteiger partial charge in [-0.15, -0.1) is 0 Å². The van der Waals surface area contributed by atoms with E-state index in [9.17, 15) is 34.3 Å². The summed E-state index contributed by atoms with van der Waals surface area (Å²) in [6.45, 7) is 0. The Hall–Kier alpha value is -4.53. The van der Waals surface area contributed by atoms with Crippen LogP contribution in [0.1, 0.15) is 17.2 Å². The van der Waals surface area contributed by atoms with Crippen molar-refractivity contribution >= 4 is 28.8 Å². The van der Waals surface area contributed by atoms with Crippen molar-refractivity contribution in [1.29, 1.82) is 0 Å². The van der Waals surface area contributed by atoms with E-state index in [1.54, 1.807) is 18.2 Å². The predicted molar refractivity (Wildman–Crippen MR) is 112 cm³/mol. The number of Topliss-reactive ketones (excluding diaryl/α,β-unsaturated/α-hetero) is 1. The number of nitro groups is 1. The van der Waals surface area contributed by atoms with E-state index in [4.69, 9.17) is 0 Å².